The van der Waals surface area contributed by atoms with Crippen LogP contribution in [0.3, 0.4) is 0 Å². The Morgan fingerprint density at radius 2 is 1.63 bits per heavy atom. The maximum atomic E-state index is 14.0. The first-order valence-corrected chi connectivity index (χ1v) is 18.2. The van der Waals surface area contributed by atoms with Gasteiger partial charge < -0.3 is 40.4 Å². The molecule has 1 aromatic carbocycles. The molecule has 6 atom stereocenters. The Hall–Kier alpha value is -3.55. The molecule has 2 fully saturated rings. The monoisotopic (exact) mass is 717 g/mol. The third kappa shape index (κ3) is 12.6. The van der Waals surface area contributed by atoms with E-state index in [2.05, 4.69) is 24.5 Å². The van der Waals surface area contributed by atoms with Crippen LogP contribution in [0.25, 0.3) is 0 Å². The minimum absolute atomic E-state index is 0.0342. The minimum atomic E-state index is -1.12. The third-order valence-corrected chi connectivity index (χ3v) is 9.78. The van der Waals surface area contributed by atoms with Gasteiger partial charge in [-0.25, -0.2) is 4.79 Å². The van der Waals surface area contributed by atoms with Crippen LogP contribution >= 0.6 is 0 Å². The Bertz CT molecular complexity index is 1270. The van der Waals surface area contributed by atoms with E-state index in [1.807, 2.05) is 30.3 Å². The molecule has 0 radical (unpaired) electrons. The van der Waals surface area contributed by atoms with E-state index in [4.69, 9.17) is 19.9 Å². The standard InChI is InChI=1S/C35H55N5O8.C3H8/c1-22(32(43)38-25(33(44)48-7)19-23-13-9-8-10-14-23)31(47-6)26-17-12-18-40(26)28(41)20-27(46-5)30(24-15-11-16-24)39(4)29(42)21-37-34(45)35(2,3)36;1-3-2/h8-10,13-14,22,24-27,30-31H,11-12,15-21,36H2,1-7H3,(H,37,45)(H,38,43);3H2,1-2H3. The number of likely N-dealkylation sites (N-methyl/N-ethyl adjacent to an activating group) is 1. The van der Waals surface area contributed by atoms with Crippen molar-refractivity contribution in [1.29, 1.82) is 0 Å². The maximum Gasteiger partial charge on any atom is 0.328 e. The highest BCUT2D eigenvalue weighted by Gasteiger charge is 2.44. The van der Waals surface area contributed by atoms with Gasteiger partial charge in [0.05, 0.1) is 55.8 Å². The van der Waals surface area contributed by atoms with Crippen LogP contribution in [0, 0.1) is 11.8 Å². The molecule has 2 aliphatic rings. The van der Waals surface area contributed by atoms with Crippen molar-refractivity contribution in [3.8, 4) is 0 Å². The first kappa shape index (κ1) is 43.6. The average Bonchev–Trinajstić information content (AvgIpc) is 3.57. The molecule has 1 saturated carbocycles. The van der Waals surface area contributed by atoms with Gasteiger partial charge >= 0.3 is 5.97 Å². The zero-order valence-corrected chi connectivity index (χ0v) is 32.2. The largest absolute Gasteiger partial charge is 0.467 e. The summed E-state index contributed by atoms with van der Waals surface area (Å²) >= 11 is 0. The van der Waals surface area contributed by atoms with Crippen molar-refractivity contribution in [2.45, 2.75) is 122 Å². The van der Waals surface area contributed by atoms with Gasteiger partial charge in [0.15, 0.2) is 0 Å². The lowest BCUT2D eigenvalue weighted by molar-refractivity contribution is -0.148. The molecular formula is C38H63N5O8. The number of carbonyl (C=O) groups is 5. The van der Waals surface area contributed by atoms with Gasteiger partial charge in [0, 0.05) is 34.2 Å². The lowest BCUT2D eigenvalue weighted by Gasteiger charge is -2.43. The zero-order valence-electron chi connectivity index (χ0n) is 32.2. The summed E-state index contributed by atoms with van der Waals surface area (Å²) in [6.07, 6.45) is 4.56. The number of rotatable bonds is 17. The Morgan fingerprint density at radius 1 is 1.00 bits per heavy atom. The molecule has 1 heterocycles. The van der Waals surface area contributed by atoms with Crippen molar-refractivity contribution in [2.75, 3.05) is 41.5 Å². The smallest absolute Gasteiger partial charge is 0.328 e. The fourth-order valence-electron chi connectivity index (χ4n) is 6.73. The highest BCUT2D eigenvalue weighted by Crippen LogP contribution is 2.36. The number of carbonyl (C=O) groups excluding carboxylic acids is 5. The molecule has 3 rings (SSSR count). The van der Waals surface area contributed by atoms with Gasteiger partial charge in [-0.1, -0.05) is 63.9 Å². The van der Waals surface area contributed by atoms with Crippen molar-refractivity contribution < 1.29 is 38.2 Å². The minimum Gasteiger partial charge on any atom is -0.467 e. The number of hydrogen-bond acceptors (Lipinski definition) is 9. The second-order valence-electron chi connectivity index (χ2n) is 14.3. The van der Waals surface area contributed by atoms with E-state index in [0.717, 1.165) is 31.2 Å². The second-order valence-corrected chi connectivity index (χ2v) is 14.3. The number of nitrogens with two attached hydrogens (primary N) is 1. The van der Waals surface area contributed by atoms with Gasteiger partial charge in [-0.05, 0) is 51.0 Å². The first-order valence-electron chi connectivity index (χ1n) is 18.2. The summed E-state index contributed by atoms with van der Waals surface area (Å²) < 4.78 is 16.7. The van der Waals surface area contributed by atoms with Crippen LogP contribution in [0.4, 0.5) is 0 Å². The topological polar surface area (TPSA) is 170 Å². The van der Waals surface area contributed by atoms with Gasteiger partial charge in [-0.15, -0.1) is 0 Å². The van der Waals surface area contributed by atoms with E-state index in [9.17, 15) is 24.0 Å². The molecule has 0 bridgehead atoms. The molecule has 1 aromatic rings. The first-order chi connectivity index (χ1) is 24.1. The highest BCUT2D eigenvalue weighted by molar-refractivity contribution is 5.89. The number of methoxy groups -OCH3 is 3. The van der Waals surface area contributed by atoms with Crippen molar-refractivity contribution in [2.24, 2.45) is 17.6 Å². The molecule has 13 nitrogen and oxygen atoms in total. The predicted octanol–water partition coefficient (Wildman–Crippen LogP) is 2.83. The molecule has 1 aliphatic heterocycles. The fourth-order valence-corrected chi connectivity index (χ4v) is 6.73. The normalized spacial score (nSPS) is 18.9. The zero-order chi connectivity index (χ0) is 38.3. The van der Waals surface area contributed by atoms with Crippen LogP contribution in [0.5, 0.6) is 0 Å². The van der Waals surface area contributed by atoms with E-state index < -0.39 is 41.6 Å². The molecule has 4 amide bonds. The van der Waals surface area contributed by atoms with E-state index in [1.165, 1.54) is 20.6 Å². The molecule has 13 heteroatoms. The van der Waals surface area contributed by atoms with Crippen molar-refractivity contribution in [3.63, 3.8) is 0 Å². The Kier molecular flexibility index (Phi) is 18.0. The van der Waals surface area contributed by atoms with E-state index >= 15 is 0 Å². The fraction of sp³-hybridized carbons (Fsp3) is 0.711. The molecule has 0 aromatic heterocycles. The SMILES string of the molecule is CCC.COC(=O)C(Cc1ccccc1)NC(=O)C(C)C(OC)C1CCCN1C(=O)CC(OC)C(C1CCC1)N(C)C(=O)CNC(=O)C(C)(C)N. The summed E-state index contributed by atoms with van der Waals surface area (Å²) in [5.41, 5.74) is 5.61. The van der Waals surface area contributed by atoms with Gasteiger partial charge in [0.25, 0.3) is 0 Å². The number of likely N-dealkylation sites (tertiary alicyclic amines) is 1. The molecular weight excluding hydrogens is 654 g/mol. The number of amides is 4. The third-order valence-electron chi connectivity index (χ3n) is 9.78. The Labute approximate surface area is 304 Å². The van der Waals surface area contributed by atoms with Crippen LogP contribution in [0.15, 0.2) is 30.3 Å². The van der Waals surface area contributed by atoms with Gasteiger partial charge in [0.1, 0.15) is 6.04 Å². The van der Waals surface area contributed by atoms with E-state index in [-0.39, 0.29) is 55.1 Å². The number of ether oxygens (including phenoxy) is 3. The number of benzene rings is 1. The van der Waals surface area contributed by atoms with E-state index in [0.29, 0.717) is 13.0 Å². The quantitative estimate of drug-likeness (QED) is 0.205. The maximum absolute atomic E-state index is 14.0. The summed E-state index contributed by atoms with van der Waals surface area (Å²) in [5.74, 6) is -2.34. The number of nitrogens with zero attached hydrogens (tertiary/aromatic N) is 2. The molecule has 0 spiro atoms. The molecule has 6 unspecified atom stereocenters. The van der Waals surface area contributed by atoms with E-state index in [1.54, 1.807) is 44.7 Å². The Balaban J connectivity index is 0.00000290. The van der Waals surface area contributed by atoms with Gasteiger partial charge in [-0.2, -0.15) is 0 Å². The molecule has 51 heavy (non-hydrogen) atoms. The average molecular weight is 718 g/mol. The summed E-state index contributed by atoms with van der Waals surface area (Å²) in [4.78, 5) is 68.9. The molecule has 288 valence electrons. The molecule has 1 saturated heterocycles. The lowest BCUT2D eigenvalue weighted by Crippen LogP contribution is -2.57. The lowest BCUT2D eigenvalue weighted by atomic mass is 9.76. The summed E-state index contributed by atoms with van der Waals surface area (Å²) in [6, 6.07) is 7.73. The van der Waals surface area contributed by atoms with Gasteiger partial charge in [-0.3, -0.25) is 19.2 Å². The second kappa shape index (κ2) is 21.1. The van der Waals surface area contributed by atoms with Crippen LogP contribution in [0.2, 0.25) is 0 Å². The molecule has 1 aliphatic carbocycles. The highest BCUT2D eigenvalue weighted by atomic mass is 16.5. The molecule has 4 N–H and O–H groups in total. The van der Waals surface area contributed by atoms with Crippen molar-refractivity contribution in [1.82, 2.24) is 20.4 Å². The summed E-state index contributed by atoms with van der Waals surface area (Å²) in [7, 11) is 6.03. The van der Waals surface area contributed by atoms with Crippen molar-refractivity contribution in [3.05, 3.63) is 35.9 Å². The van der Waals surface area contributed by atoms with Crippen LogP contribution in [-0.4, -0.2) is 117 Å². The Morgan fingerprint density at radius 3 is 2.14 bits per heavy atom. The van der Waals surface area contributed by atoms with Crippen LogP contribution in [0.1, 0.15) is 85.1 Å². The number of nitrogens with one attached hydrogen (secondary N) is 2. The number of esters is 1. The van der Waals surface area contributed by atoms with Crippen molar-refractivity contribution >= 4 is 29.6 Å². The summed E-state index contributed by atoms with van der Waals surface area (Å²) in [6.45, 7) is 9.40. The van der Waals surface area contributed by atoms with Crippen LogP contribution < -0.4 is 16.4 Å². The summed E-state index contributed by atoms with van der Waals surface area (Å²) in [5, 5.41) is 5.45. The predicted molar refractivity (Wildman–Crippen MR) is 195 cm³/mol. The van der Waals surface area contributed by atoms with Gasteiger partial charge in [0.2, 0.25) is 23.6 Å². The number of hydrogen-bond donors (Lipinski definition) is 3. The van der Waals surface area contributed by atoms with Crippen LogP contribution in [-0.2, 0) is 44.6 Å².